The van der Waals surface area contributed by atoms with Crippen LogP contribution in [0.2, 0.25) is 0 Å². The van der Waals surface area contributed by atoms with Crippen molar-refractivity contribution in [2.75, 3.05) is 26.2 Å². The number of hydrogen-bond donors (Lipinski definition) is 1. The minimum absolute atomic E-state index is 0.0693. The average Bonchev–Trinajstić information content (AvgIpc) is 3.27. The van der Waals surface area contributed by atoms with Gasteiger partial charge in [0, 0.05) is 44.6 Å². The highest BCUT2D eigenvalue weighted by molar-refractivity contribution is 5.65. The molecule has 0 spiro atoms. The molecule has 2 saturated heterocycles. The molecule has 1 aromatic heterocycles. The van der Waals surface area contributed by atoms with Crippen molar-refractivity contribution < 1.29 is 14.6 Å². The highest BCUT2D eigenvalue weighted by Gasteiger charge is 2.38. The highest BCUT2D eigenvalue weighted by atomic mass is 16.5. The van der Waals surface area contributed by atoms with Crippen molar-refractivity contribution >= 4 is 6.09 Å². The second-order valence-corrected chi connectivity index (χ2v) is 6.41. The van der Waals surface area contributed by atoms with Gasteiger partial charge in [-0.2, -0.15) is 0 Å². The number of nitrogens with zero attached hydrogens (tertiary/aromatic N) is 4. The van der Waals surface area contributed by atoms with Crippen LogP contribution < -0.4 is 4.74 Å². The number of carboxylic acid groups (broad SMARTS) is 1. The SMILES string of the molecule is O=C(O)N1CCN2C[C@H](Oc3cnc(C4CC4)cn3)C[C@H]2C1. The molecule has 2 atom stereocenters. The van der Waals surface area contributed by atoms with Crippen LogP contribution in [0.15, 0.2) is 12.4 Å². The number of carbonyl (C=O) groups is 1. The Morgan fingerprint density at radius 2 is 2.09 bits per heavy atom. The zero-order valence-electron chi connectivity index (χ0n) is 12.4. The van der Waals surface area contributed by atoms with E-state index >= 15 is 0 Å². The number of ether oxygens (including phenoxy) is 1. The summed E-state index contributed by atoms with van der Waals surface area (Å²) >= 11 is 0. The van der Waals surface area contributed by atoms with Crippen molar-refractivity contribution in [1.82, 2.24) is 19.8 Å². The molecule has 1 saturated carbocycles. The molecular weight excluding hydrogens is 284 g/mol. The Hall–Kier alpha value is -1.89. The summed E-state index contributed by atoms with van der Waals surface area (Å²) in [6.07, 6.45) is 6.05. The van der Waals surface area contributed by atoms with Gasteiger partial charge in [-0.25, -0.2) is 9.78 Å². The van der Waals surface area contributed by atoms with E-state index < -0.39 is 6.09 Å². The minimum Gasteiger partial charge on any atom is -0.472 e. The van der Waals surface area contributed by atoms with Gasteiger partial charge in [-0.05, 0) is 12.8 Å². The van der Waals surface area contributed by atoms with Crippen molar-refractivity contribution in [1.29, 1.82) is 0 Å². The first-order valence-electron chi connectivity index (χ1n) is 7.89. The van der Waals surface area contributed by atoms with Gasteiger partial charge >= 0.3 is 6.09 Å². The summed E-state index contributed by atoms with van der Waals surface area (Å²) in [7, 11) is 0. The van der Waals surface area contributed by atoms with Crippen molar-refractivity contribution in [2.24, 2.45) is 0 Å². The van der Waals surface area contributed by atoms with E-state index in [1.807, 2.05) is 6.20 Å². The van der Waals surface area contributed by atoms with E-state index in [1.165, 1.54) is 17.7 Å². The molecule has 3 heterocycles. The lowest BCUT2D eigenvalue weighted by Crippen LogP contribution is -2.51. The fourth-order valence-electron chi connectivity index (χ4n) is 3.40. The number of hydrogen-bond acceptors (Lipinski definition) is 5. The molecule has 118 valence electrons. The Morgan fingerprint density at radius 3 is 2.77 bits per heavy atom. The van der Waals surface area contributed by atoms with Crippen molar-refractivity contribution in [3.05, 3.63) is 18.1 Å². The Labute approximate surface area is 128 Å². The molecule has 1 amide bonds. The van der Waals surface area contributed by atoms with Crippen LogP contribution in [0, 0.1) is 0 Å². The van der Waals surface area contributed by atoms with Gasteiger partial charge in [0.2, 0.25) is 5.88 Å². The van der Waals surface area contributed by atoms with E-state index in [0.29, 0.717) is 24.9 Å². The molecule has 0 radical (unpaired) electrons. The molecule has 7 heteroatoms. The number of piperazine rings is 1. The van der Waals surface area contributed by atoms with E-state index in [0.717, 1.165) is 25.2 Å². The lowest BCUT2D eigenvalue weighted by atomic mass is 10.1. The maximum Gasteiger partial charge on any atom is 0.407 e. The minimum atomic E-state index is -0.828. The van der Waals surface area contributed by atoms with Gasteiger partial charge in [-0.1, -0.05) is 0 Å². The Kier molecular flexibility index (Phi) is 3.37. The third-order valence-electron chi connectivity index (χ3n) is 4.78. The molecule has 3 fully saturated rings. The van der Waals surface area contributed by atoms with Gasteiger partial charge in [-0.15, -0.1) is 0 Å². The largest absolute Gasteiger partial charge is 0.472 e. The molecule has 2 aliphatic heterocycles. The number of aromatic nitrogens is 2. The maximum atomic E-state index is 11.1. The second kappa shape index (κ2) is 5.39. The first-order chi connectivity index (χ1) is 10.7. The molecule has 3 aliphatic rings. The number of rotatable bonds is 3. The highest BCUT2D eigenvalue weighted by Crippen LogP contribution is 2.38. The smallest absolute Gasteiger partial charge is 0.407 e. The maximum absolute atomic E-state index is 11.1. The first kappa shape index (κ1) is 13.8. The molecule has 1 aromatic rings. The molecule has 0 aromatic carbocycles. The van der Waals surface area contributed by atoms with Gasteiger partial charge in [0.1, 0.15) is 6.10 Å². The molecule has 1 aliphatic carbocycles. The van der Waals surface area contributed by atoms with Crippen LogP contribution in [0.1, 0.15) is 30.9 Å². The van der Waals surface area contributed by atoms with Crippen LogP contribution in [-0.2, 0) is 0 Å². The van der Waals surface area contributed by atoms with Crippen LogP contribution in [0.25, 0.3) is 0 Å². The first-order valence-corrected chi connectivity index (χ1v) is 7.89. The lowest BCUT2D eigenvalue weighted by molar-refractivity contribution is 0.0882. The van der Waals surface area contributed by atoms with Crippen LogP contribution >= 0.6 is 0 Å². The predicted molar refractivity (Wildman–Crippen MR) is 78.0 cm³/mol. The average molecular weight is 304 g/mol. The van der Waals surface area contributed by atoms with E-state index in [9.17, 15) is 4.79 Å². The standard InChI is InChI=1S/C15H20N4O3/c20-15(21)19-4-3-18-9-12(5-11(18)8-19)22-14-7-16-13(6-17-14)10-1-2-10/h6-7,10-12H,1-5,8-9H2,(H,20,21)/t11-,12+/m0/s1. The number of amides is 1. The topological polar surface area (TPSA) is 78.8 Å². The third kappa shape index (κ3) is 2.72. The molecule has 4 rings (SSSR count). The quantitative estimate of drug-likeness (QED) is 0.903. The van der Waals surface area contributed by atoms with E-state index in [4.69, 9.17) is 9.84 Å². The molecular formula is C15H20N4O3. The summed E-state index contributed by atoms with van der Waals surface area (Å²) in [4.78, 5) is 23.7. The zero-order valence-corrected chi connectivity index (χ0v) is 12.4. The van der Waals surface area contributed by atoms with Gasteiger partial charge in [0.15, 0.2) is 0 Å². The van der Waals surface area contributed by atoms with E-state index in [2.05, 4.69) is 14.9 Å². The van der Waals surface area contributed by atoms with Gasteiger partial charge < -0.3 is 14.7 Å². The van der Waals surface area contributed by atoms with Crippen molar-refractivity contribution in [3.63, 3.8) is 0 Å². The van der Waals surface area contributed by atoms with Gasteiger partial charge in [0.25, 0.3) is 0 Å². The molecule has 1 N–H and O–H groups in total. The van der Waals surface area contributed by atoms with Crippen LogP contribution in [0.5, 0.6) is 5.88 Å². The lowest BCUT2D eigenvalue weighted by Gasteiger charge is -2.35. The molecule has 22 heavy (non-hydrogen) atoms. The normalized spacial score (nSPS) is 28.5. The summed E-state index contributed by atoms with van der Waals surface area (Å²) in [5, 5.41) is 9.09. The van der Waals surface area contributed by atoms with Gasteiger partial charge in [0.05, 0.1) is 18.1 Å². The van der Waals surface area contributed by atoms with Crippen molar-refractivity contribution in [2.45, 2.75) is 37.3 Å². The van der Waals surface area contributed by atoms with Gasteiger partial charge in [-0.3, -0.25) is 9.88 Å². The monoisotopic (exact) mass is 304 g/mol. The third-order valence-corrected chi connectivity index (χ3v) is 4.78. The van der Waals surface area contributed by atoms with Crippen LogP contribution in [0.4, 0.5) is 4.79 Å². The van der Waals surface area contributed by atoms with Crippen LogP contribution in [-0.4, -0.2) is 69.3 Å². The Bertz CT molecular complexity index is 560. The summed E-state index contributed by atoms with van der Waals surface area (Å²) in [5.41, 5.74) is 1.06. The van der Waals surface area contributed by atoms with Crippen molar-refractivity contribution in [3.8, 4) is 5.88 Å². The molecule has 0 unspecified atom stereocenters. The number of fused-ring (bicyclic) bond motifs is 1. The summed E-state index contributed by atoms with van der Waals surface area (Å²) in [5.74, 6) is 1.17. The summed E-state index contributed by atoms with van der Waals surface area (Å²) < 4.78 is 5.94. The van der Waals surface area contributed by atoms with E-state index in [1.54, 1.807) is 6.20 Å². The predicted octanol–water partition coefficient (Wildman–Crippen LogP) is 1.17. The van der Waals surface area contributed by atoms with Crippen LogP contribution in [0.3, 0.4) is 0 Å². The summed E-state index contributed by atoms with van der Waals surface area (Å²) in [6.45, 7) is 2.77. The second-order valence-electron chi connectivity index (χ2n) is 6.41. The molecule has 7 nitrogen and oxygen atoms in total. The van der Waals surface area contributed by atoms with E-state index in [-0.39, 0.29) is 12.1 Å². The fraction of sp³-hybridized carbons (Fsp3) is 0.667. The Balaban J connectivity index is 1.35. The molecule has 0 bridgehead atoms. The summed E-state index contributed by atoms with van der Waals surface area (Å²) in [6, 6.07) is 0.258. The fourth-order valence-corrected chi connectivity index (χ4v) is 3.40. The zero-order chi connectivity index (χ0) is 15.1. The Morgan fingerprint density at radius 1 is 1.23 bits per heavy atom.